The van der Waals surface area contributed by atoms with Crippen molar-refractivity contribution in [2.45, 2.75) is 33.5 Å². The van der Waals surface area contributed by atoms with E-state index in [4.69, 9.17) is 0 Å². The Morgan fingerprint density at radius 1 is 1.19 bits per heavy atom. The molecule has 0 unspecified atom stereocenters. The van der Waals surface area contributed by atoms with E-state index in [-0.39, 0.29) is 17.9 Å². The molecule has 0 atom stereocenters. The predicted molar refractivity (Wildman–Crippen MR) is 105 cm³/mol. The molecule has 3 rings (SSSR count). The maximum absolute atomic E-state index is 13.0. The third-order valence-corrected chi connectivity index (χ3v) is 4.79. The average molecular weight is 436 g/mol. The van der Waals surface area contributed by atoms with Crippen LogP contribution in [0, 0.1) is 30.9 Å². The molecule has 0 radical (unpaired) electrons. The predicted octanol–water partition coefficient (Wildman–Crippen LogP) is 3.77. The second-order valence-electron chi connectivity index (χ2n) is 7.02. The van der Waals surface area contributed by atoms with Crippen LogP contribution in [0.2, 0.25) is 0 Å². The minimum atomic E-state index is -4.46. The van der Waals surface area contributed by atoms with Crippen LogP contribution < -0.4 is 5.32 Å². The summed E-state index contributed by atoms with van der Waals surface area (Å²) in [4.78, 5) is 23.4. The molecule has 0 aliphatic heterocycles. The number of halogens is 3. The van der Waals surface area contributed by atoms with Gasteiger partial charge < -0.3 is 5.32 Å². The number of hydrogen-bond acceptors (Lipinski definition) is 5. The van der Waals surface area contributed by atoms with Crippen molar-refractivity contribution in [1.29, 1.82) is 0 Å². The standard InChI is InChI=1S/C19H19F3N6O3/c1-10-15(23-18(29)17-16(28(30)31)11(2)24-26(17)4)12(3)27(25-10)9-13-6-5-7-14(8-13)19(20,21)22/h5-8H,9H2,1-4H3,(H,23,29). The minimum Gasteiger partial charge on any atom is -0.317 e. The lowest BCUT2D eigenvalue weighted by atomic mass is 10.1. The maximum Gasteiger partial charge on any atom is 0.416 e. The third kappa shape index (κ3) is 4.27. The van der Waals surface area contributed by atoms with Crippen molar-refractivity contribution < 1.29 is 22.9 Å². The maximum atomic E-state index is 13.0. The summed E-state index contributed by atoms with van der Waals surface area (Å²) in [5.74, 6) is -0.736. The van der Waals surface area contributed by atoms with Gasteiger partial charge in [0.2, 0.25) is 5.69 Å². The molecule has 164 valence electrons. The van der Waals surface area contributed by atoms with E-state index in [9.17, 15) is 28.1 Å². The molecule has 0 aliphatic rings. The highest BCUT2D eigenvalue weighted by molar-refractivity contribution is 6.06. The molecular formula is C19H19F3N6O3. The van der Waals surface area contributed by atoms with Crippen LogP contribution in [0.5, 0.6) is 0 Å². The van der Waals surface area contributed by atoms with Crippen molar-refractivity contribution in [2.24, 2.45) is 7.05 Å². The Kier molecular flexibility index (Phi) is 5.57. The van der Waals surface area contributed by atoms with E-state index in [0.717, 1.165) is 16.8 Å². The SMILES string of the molecule is Cc1nn(Cc2cccc(C(F)(F)F)c2)c(C)c1NC(=O)c1c([N+](=O)[O-])c(C)nn1C. The largest absolute Gasteiger partial charge is 0.416 e. The van der Waals surface area contributed by atoms with Gasteiger partial charge in [0.05, 0.1) is 34.1 Å². The van der Waals surface area contributed by atoms with Crippen LogP contribution in [0.3, 0.4) is 0 Å². The van der Waals surface area contributed by atoms with Gasteiger partial charge in [0.15, 0.2) is 0 Å². The Labute approximate surface area is 174 Å². The molecule has 0 saturated heterocycles. The second-order valence-corrected chi connectivity index (χ2v) is 7.02. The first kappa shape index (κ1) is 22.0. The summed E-state index contributed by atoms with van der Waals surface area (Å²) in [5, 5.41) is 22.2. The summed E-state index contributed by atoms with van der Waals surface area (Å²) in [7, 11) is 1.42. The van der Waals surface area contributed by atoms with E-state index in [1.165, 1.54) is 24.7 Å². The third-order valence-electron chi connectivity index (χ3n) is 4.79. The highest BCUT2D eigenvalue weighted by atomic mass is 19.4. The Morgan fingerprint density at radius 2 is 1.87 bits per heavy atom. The summed E-state index contributed by atoms with van der Waals surface area (Å²) in [6.07, 6.45) is -4.46. The van der Waals surface area contributed by atoms with Crippen LogP contribution in [0.15, 0.2) is 24.3 Å². The van der Waals surface area contributed by atoms with E-state index in [1.807, 2.05) is 0 Å². The lowest BCUT2D eigenvalue weighted by Crippen LogP contribution is -2.18. The first-order chi connectivity index (χ1) is 14.4. The highest BCUT2D eigenvalue weighted by Gasteiger charge is 2.31. The monoisotopic (exact) mass is 436 g/mol. The number of carbonyl (C=O) groups excluding carboxylic acids is 1. The normalized spacial score (nSPS) is 11.6. The fraction of sp³-hybridized carbons (Fsp3) is 0.316. The quantitative estimate of drug-likeness (QED) is 0.484. The molecule has 0 saturated carbocycles. The Morgan fingerprint density at radius 3 is 2.48 bits per heavy atom. The van der Waals surface area contributed by atoms with Gasteiger partial charge in [-0.05, 0) is 38.5 Å². The molecular weight excluding hydrogens is 417 g/mol. The van der Waals surface area contributed by atoms with Gasteiger partial charge in [-0.25, -0.2) is 0 Å². The van der Waals surface area contributed by atoms with Gasteiger partial charge in [0.25, 0.3) is 5.91 Å². The molecule has 9 nitrogen and oxygen atoms in total. The Bertz CT molecular complexity index is 1180. The van der Waals surface area contributed by atoms with Crippen LogP contribution in [0.4, 0.5) is 24.5 Å². The zero-order valence-electron chi connectivity index (χ0n) is 17.1. The van der Waals surface area contributed by atoms with Gasteiger partial charge in [-0.1, -0.05) is 12.1 Å². The van der Waals surface area contributed by atoms with Crippen molar-refractivity contribution >= 4 is 17.3 Å². The fourth-order valence-corrected chi connectivity index (χ4v) is 3.34. The number of anilines is 1. The first-order valence-electron chi connectivity index (χ1n) is 9.09. The van der Waals surface area contributed by atoms with Crippen molar-refractivity contribution in [3.05, 3.63) is 68.3 Å². The number of carbonyl (C=O) groups is 1. The number of aromatic nitrogens is 4. The molecule has 1 amide bonds. The van der Waals surface area contributed by atoms with E-state index in [0.29, 0.717) is 22.6 Å². The fourth-order valence-electron chi connectivity index (χ4n) is 3.34. The Balaban J connectivity index is 1.90. The van der Waals surface area contributed by atoms with Crippen LogP contribution >= 0.6 is 0 Å². The zero-order chi connectivity index (χ0) is 23.1. The number of nitrogens with one attached hydrogen (secondary N) is 1. The molecule has 12 heteroatoms. The van der Waals surface area contributed by atoms with Crippen LogP contribution in [0.1, 0.15) is 38.7 Å². The van der Waals surface area contributed by atoms with Crippen molar-refractivity contribution in [2.75, 3.05) is 5.32 Å². The first-order valence-corrected chi connectivity index (χ1v) is 9.09. The molecule has 0 bridgehead atoms. The number of alkyl halides is 3. The molecule has 31 heavy (non-hydrogen) atoms. The zero-order valence-corrected chi connectivity index (χ0v) is 17.1. The number of aryl methyl sites for hydroxylation is 3. The number of hydrogen-bond donors (Lipinski definition) is 1. The molecule has 0 fully saturated rings. The second kappa shape index (κ2) is 7.85. The molecule has 1 N–H and O–H groups in total. The molecule has 2 aromatic heterocycles. The van der Waals surface area contributed by atoms with Crippen molar-refractivity contribution in [3.8, 4) is 0 Å². The number of benzene rings is 1. The van der Waals surface area contributed by atoms with E-state index in [2.05, 4.69) is 15.5 Å². The van der Waals surface area contributed by atoms with Crippen molar-refractivity contribution in [3.63, 3.8) is 0 Å². The van der Waals surface area contributed by atoms with E-state index in [1.54, 1.807) is 19.9 Å². The average Bonchev–Trinajstić information content (AvgIpc) is 3.11. The molecule has 0 spiro atoms. The van der Waals surface area contributed by atoms with E-state index >= 15 is 0 Å². The number of rotatable bonds is 5. The minimum absolute atomic E-state index is 0.0530. The van der Waals surface area contributed by atoms with Gasteiger partial charge in [-0.3, -0.25) is 24.3 Å². The number of nitrogens with zero attached hydrogens (tertiary/aromatic N) is 5. The summed E-state index contributed by atoms with van der Waals surface area (Å²) in [5.41, 5.74) is 0.342. The van der Waals surface area contributed by atoms with Gasteiger partial charge in [0.1, 0.15) is 5.69 Å². The number of amides is 1. The van der Waals surface area contributed by atoms with Crippen LogP contribution in [-0.4, -0.2) is 30.4 Å². The summed E-state index contributed by atoms with van der Waals surface area (Å²) < 4.78 is 41.5. The topological polar surface area (TPSA) is 108 Å². The summed E-state index contributed by atoms with van der Waals surface area (Å²) >= 11 is 0. The van der Waals surface area contributed by atoms with Gasteiger partial charge in [0, 0.05) is 7.05 Å². The molecule has 0 aliphatic carbocycles. The van der Waals surface area contributed by atoms with Gasteiger partial charge >= 0.3 is 11.9 Å². The van der Waals surface area contributed by atoms with Gasteiger partial charge in [-0.2, -0.15) is 23.4 Å². The van der Waals surface area contributed by atoms with Crippen LogP contribution in [-0.2, 0) is 19.8 Å². The lowest BCUT2D eigenvalue weighted by molar-refractivity contribution is -0.385. The van der Waals surface area contributed by atoms with Crippen molar-refractivity contribution in [1.82, 2.24) is 19.6 Å². The summed E-state index contributed by atoms with van der Waals surface area (Å²) in [6, 6.07) is 4.89. The molecule has 2 heterocycles. The number of nitro groups is 1. The lowest BCUT2D eigenvalue weighted by Gasteiger charge is -2.10. The van der Waals surface area contributed by atoms with Crippen LogP contribution in [0.25, 0.3) is 0 Å². The Hall–Kier alpha value is -3.70. The summed E-state index contributed by atoms with van der Waals surface area (Å²) in [6.45, 7) is 4.75. The smallest absolute Gasteiger partial charge is 0.317 e. The molecule has 3 aromatic rings. The van der Waals surface area contributed by atoms with E-state index < -0.39 is 28.3 Å². The highest BCUT2D eigenvalue weighted by Crippen LogP contribution is 2.30. The molecule has 1 aromatic carbocycles. The van der Waals surface area contributed by atoms with Gasteiger partial charge in [-0.15, -0.1) is 0 Å².